The fourth-order valence-corrected chi connectivity index (χ4v) is 2.97. The fourth-order valence-electron chi connectivity index (χ4n) is 2.97. The van der Waals surface area contributed by atoms with Crippen molar-refractivity contribution in [2.45, 2.75) is 31.8 Å². The number of likely N-dealkylation sites (tertiary alicyclic amines) is 1. The summed E-state index contributed by atoms with van der Waals surface area (Å²) in [5.41, 5.74) is 7.18. The van der Waals surface area contributed by atoms with Gasteiger partial charge in [0.1, 0.15) is 6.04 Å². The van der Waals surface area contributed by atoms with E-state index in [4.69, 9.17) is 10.5 Å². The minimum Gasteiger partial charge on any atom is -0.383 e. The lowest BCUT2D eigenvalue weighted by atomic mass is 9.93. The molecule has 1 amide bonds. The van der Waals surface area contributed by atoms with Crippen LogP contribution in [-0.2, 0) is 16.0 Å². The second-order valence-corrected chi connectivity index (χ2v) is 5.57. The molecule has 1 aliphatic heterocycles. The third-order valence-electron chi connectivity index (χ3n) is 4.20. The summed E-state index contributed by atoms with van der Waals surface area (Å²) < 4.78 is 4.97. The average Bonchev–Trinajstić information content (AvgIpc) is 2.81. The summed E-state index contributed by atoms with van der Waals surface area (Å²) in [6.45, 7) is 3.21. The molecule has 0 saturated carbocycles. The van der Waals surface area contributed by atoms with Crippen molar-refractivity contribution in [3.05, 3.63) is 35.9 Å². The van der Waals surface area contributed by atoms with Crippen LogP contribution in [0.2, 0.25) is 0 Å². The topological polar surface area (TPSA) is 55.6 Å². The van der Waals surface area contributed by atoms with E-state index >= 15 is 0 Å². The zero-order valence-corrected chi connectivity index (χ0v) is 13.5. The van der Waals surface area contributed by atoms with E-state index in [9.17, 15) is 4.79 Å². The van der Waals surface area contributed by atoms with Crippen LogP contribution in [0.3, 0.4) is 0 Å². The molecule has 4 nitrogen and oxygen atoms in total. The van der Waals surface area contributed by atoms with Crippen molar-refractivity contribution >= 4 is 18.3 Å². The van der Waals surface area contributed by atoms with Crippen LogP contribution in [-0.4, -0.2) is 43.2 Å². The number of hydrogen-bond acceptors (Lipinski definition) is 3. The molecule has 1 heterocycles. The highest BCUT2D eigenvalue weighted by Crippen LogP contribution is 2.27. The number of rotatable bonds is 5. The molecule has 0 aliphatic carbocycles. The van der Waals surface area contributed by atoms with Crippen molar-refractivity contribution in [1.29, 1.82) is 0 Å². The molecule has 3 unspecified atom stereocenters. The molecule has 1 fully saturated rings. The summed E-state index contributed by atoms with van der Waals surface area (Å²) in [6, 6.07) is 10.1. The van der Waals surface area contributed by atoms with Crippen molar-refractivity contribution in [2.75, 3.05) is 20.3 Å². The molecule has 3 atom stereocenters. The van der Waals surface area contributed by atoms with Crippen molar-refractivity contribution in [3.8, 4) is 0 Å². The quantitative estimate of drug-likeness (QED) is 0.903. The van der Waals surface area contributed by atoms with Crippen LogP contribution in [0.25, 0.3) is 0 Å². The van der Waals surface area contributed by atoms with E-state index in [2.05, 4.69) is 31.2 Å². The number of halogens is 1. The number of benzene rings is 1. The number of carbonyl (C=O) groups is 1. The summed E-state index contributed by atoms with van der Waals surface area (Å²) in [6.07, 6.45) is 2.06. The Morgan fingerprint density at radius 1 is 1.43 bits per heavy atom. The van der Waals surface area contributed by atoms with E-state index in [1.807, 2.05) is 11.0 Å². The van der Waals surface area contributed by atoms with Crippen LogP contribution in [0.4, 0.5) is 0 Å². The first-order valence-electron chi connectivity index (χ1n) is 7.22. The molecule has 0 aromatic heterocycles. The second kappa shape index (κ2) is 8.37. The summed E-state index contributed by atoms with van der Waals surface area (Å²) in [4.78, 5) is 14.2. The molecule has 5 heteroatoms. The Morgan fingerprint density at radius 3 is 2.71 bits per heavy atom. The van der Waals surface area contributed by atoms with Crippen LogP contribution in [0.1, 0.15) is 18.9 Å². The Kier molecular flexibility index (Phi) is 7.15. The zero-order chi connectivity index (χ0) is 14.5. The third-order valence-corrected chi connectivity index (χ3v) is 4.20. The number of carbonyl (C=O) groups excluding carboxylic acids is 1. The standard InChI is InChI=1S/C16H24N2O2.ClH/c1-12-14(10-13-6-4-3-5-7-13)8-9-18(12)16(19)15(17)11-20-2;/h3-7,12,14-15H,8-11,17H2,1-2H3;1H. The monoisotopic (exact) mass is 312 g/mol. The van der Waals surface area contributed by atoms with Gasteiger partial charge in [-0.05, 0) is 31.2 Å². The number of nitrogens with zero attached hydrogens (tertiary/aromatic N) is 1. The van der Waals surface area contributed by atoms with E-state index in [0.717, 1.165) is 19.4 Å². The minimum atomic E-state index is -0.544. The lowest BCUT2D eigenvalue weighted by Gasteiger charge is -2.27. The first kappa shape index (κ1) is 18.0. The predicted molar refractivity (Wildman–Crippen MR) is 86.5 cm³/mol. The summed E-state index contributed by atoms with van der Waals surface area (Å²) in [7, 11) is 1.57. The molecule has 0 bridgehead atoms. The molecular formula is C16H25ClN2O2. The van der Waals surface area contributed by atoms with E-state index in [-0.39, 0.29) is 31.0 Å². The molecule has 2 rings (SSSR count). The molecule has 2 N–H and O–H groups in total. The Labute approximate surface area is 133 Å². The maximum absolute atomic E-state index is 12.3. The number of hydrogen-bond donors (Lipinski definition) is 1. The first-order valence-corrected chi connectivity index (χ1v) is 7.22. The van der Waals surface area contributed by atoms with Gasteiger partial charge in [0.25, 0.3) is 0 Å². The van der Waals surface area contributed by atoms with Crippen LogP contribution in [0.5, 0.6) is 0 Å². The van der Waals surface area contributed by atoms with Gasteiger partial charge in [0, 0.05) is 19.7 Å². The SMILES string of the molecule is COCC(N)C(=O)N1CCC(Cc2ccccc2)C1C.Cl. The maximum Gasteiger partial charge on any atom is 0.242 e. The Bertz CT molecular complexity index is 441. The molecule has 21 heavy (non-hydrogen) atoms. The maximum atomic E-state index is 12.3. The molecule has 1 aromatic rings. The van der Waals surface area contributed by atoms with Crippen LogP contribution < -0.4 is 5.73 Å². The fraction of sp³-hybridized carbons (Fsp3) is 0.562. The summed E-state index contributed by atoms with van der Waals surface area (Å²) in [5, 5.41) is 0. The highest BCUT2D eigenvalue weighted by molar-refractivity contribution is 5.85. The van der Waals surface area contributed by atoms with Crippen LogP contribution in [0.15, 0.2) is 30.3 Å². The van der Waals surface area contributed by atoms with Gasteiger partial charge in [0.15, 0.2) is 0 Å². The van der Waals surface area contributed by atoms with Gasteiger partial charge in [-0.15, -0.1) is 12.4 Å². The molecule has 0 radical (unpaired) electrons. The molecule has 1 aromatic carbocycles. The van der Waals surface area contributed by atoms with E-state index in [0.29, 0.717) is 5.92 Å². The number of methoxy groups -OCH3 is 1. The largest absolute Gasteiger partial charge is 0.383 e. The van der Waals surface area contributed by atoms with Crippen molar-refractivity contribution in [1.82, 2.24) is 4.90 Å². The van der Waals surface area contributed by atoms with Gasteiger partial charge in [0.2, 0.25) is 5.91 Å². The number of nitrogens with two attached hydrogens (primary N) is 1. The lowest BCUT2D eigenvalue weighted by molar-refractivity contribution is -0.134. The zero-order valence-electron chi connectivity index (χ0n) is 12.7. The average molecular weight is 313 g/mol. The summed E-state index contributed by atoms with van der Waals surface area (Å²) in [5.74, 6) is 0.519. The van der Waals surface area contributed by atoms with Gasteiger partial charge < -0.3 is 15.4 Å². The Morgan fingerprint density at radius 2 is 2.10 bits per heavy atom. The van der Waals surface area contributed by atoms with Crippen LogP contribution >= 0.6 is 12.4 Å². The van der Waals surface area contributed by atoms with Gasteiger partial charge in [-0.25, -0.2) is 0 Å². The minimum absolute atomic E-state index is 0. The lowest BCUT2D eigenvalue weighted by Crippen LogP contribution is -2.48. The number of amides is 1. The first-order chi connectivity index (χ1) is 9.63. The van der Waals surface area contributed by atoms with Crippen molar-refractivity contribution in [3.63, 3.8) is 0 Å². The smallest absolute Gasteiger partial charge is 0.242 e. The highest BCUT2D eigenvalue weighted by Gasteiger charge is 2.35. The van der Waals surface area contributed by atoms with Crippen molar-refractivity contribution < 1.29 is 9.53 Å². The Balaban J connectivity index is 0.00000220. The van der Waals surface area contributed by atoms with E-state index in [1.165, 1.54) is 5.56 Å². The molecule has 118 valence electrons. The number of ether oxygens (including phenoxy) is 1. The van der Waals surface area contributed by atoms with Gasteiger partial charge in [0.05, 0.1) is 6.61 Å². The van der Waals surface area contributed by atoms with Gasteiger partial charge >= 0.3 is 0 Å². The summed E-state index contributed by atoms with van der Waals surface area (Å²) >= 11 is 0. The van der Waals surface area contributed by atoms with Crippen LogP contribution in [0, 0.1) is 5.92 Å². The third kappa shape index (κ3) is 4.43. The normalized spacial score (nSPS) is 22.7. The molecule has 1 aliphatic rings. The van der Waals surface area contributed by atoms with E-state index in [1.54, 1.807) is 7.11 Å². The van der Waals surface area contributed by atoms with Gasteiger partial charge in [-0.3, -0.25) is 4.79 Å². The van der Waals surface area contributed by atoms with Crippen molar-refractivity contribution in [2.24, 2.45) is 11.7 Å². The van der Waals surface area contributed by atoms with Gasteiger partial charge in [-0.2, -0.15) is 0 Å². The second-order valence-electron chi connectivity index (χ2n) is 5.57. The molecule has 1 saturated heterocycles. The molecular weight excluding hydrogens is 288 g/mol. The highest BCUT2D eigenvalue weighted by atomic mass is 35.5. The molecule has 0 spiro atoms. The van der Waals surface area contributed by atoms with E-state index < -0.39 is 6.04 Å². The predicted octanol–water partition coefficient (Wildman–Crippen LogP) is 1.86. The van der Waals surface area contributed by atoms with Gasteiger partial charge in [-0.1, -0.05) is 30.3 Å². The Hall–Kier alpha value is -1.10.